The van der Waals surface area contributed by atoms with Crippen molar-refractivity contribution in [3.63, 3.8) is 0 Å². The predicted molar refractivity (Wildman–Crippen MR) is 104 cm³/mol. The van der Waals surface area contributed by atoms with Crippen LogP contribution in [0.3, 0.4) is 0 Å². The Morgan fingerprint density at radius 3 is 1.25 bits per heavy atom. The van der Waals surface area contributed by atoms with Crippen LogP contribution in [0.2, 0.25) is 0 Å². The molecule has 0 aliphatic heterocycles. The smallest absolute Gasteiger partial charge is 0.118 e. The van der Waals surface area contributed by atoms with Crippen LogP contribution in [0.5, 0.6) is 11.5 Å². The number of hydrogen-bond acceptors (Lipinski definition) is 4. The highest BCUT2D eigenvalue weighted by Gasteiger charge is 1.96. The van der Waals surface area contributed by atoms with E-state index >= 15 is 0 Å². The summed E-state index contributed by atoms with van der Waals surface area (Å²) in [4.78, 5) is 0. The molecular formula is C18H26Cl2N2O2. The van der Waals surface area contributed by atoms with Crippen LogP contribution in [0.1, 0.15) is 11.1 Å². The summed E-state index contributed by atoms with van der Waals surface area (Å²) in [5, 5.41) is 6.84. The molecule has 0 unspecified atom stereocenters. The molecule has 4 nitrogen and oxygen atoms in total. The highest BCUT2D eigenvalue weighted by atomic mass is 35.5. The van der Waals surface area contributed by atoms with Crippen LogP contribution in [-0.4, -0.2) is 27.3 Å². The number of methoxy groups -OCH3 is 2. The molecule has 0 atom stereocenters. The third-order valence-electron chi connectivity index (χ3n) is 3.45. The number of rotatable bonds is 9. The Morgan fingerprint density at radius 2 is 0.958 bits per heavy atom. The van der Waals surface area contributed by atoms with Crippen LogP contribution in [-0.2, 0) is 13.1 Å². The van der Waals surface area contributed by atoms with E-state index in [-0.39, 0.29) is 24.8 Å². The van der Waals surface area contributed by atoms with Gasteiger partial charge in [-0.15, -0.1) is 24.8 Å². The van der Waals surface area contributed by atoms with Gasteiger partial charge in [-0.05, 0) is 35.4 Å². The highest BCUT2D eigenvalue weighted by molar-refractivity contribution is 5.85. The van der Waals surface area contributed by atoms with Crippen molar-refractivity contribution in [2.24, 2.45) is 0 Å². The van der Waals surface area contributed by atoms with Crippen molar-refractivity contribution in [3.05, 3.63) is 59.7 Å². The largest absolute Gasteiger partial charge is 0.497 e. The molecule has 0 spiro atoms. The summed E-state index contributed by atoms with van der Waals surface area (Å²) in [6, 6.07) is 16.3. The number of hydrogen-bond donors (Lipinski definition) is 2. The zero-order valence-corrected chi connectivity index (χ0v) is 15.7. The minimum Gasteiger partial charge on any atom is -0.497 e. The lowest BCUT2D eigenvalue weighted by molar-refractivity contribution is 0.414. The average Bonchev–Trinajstić information content (AvgIpc) is 2.59. The van der Waals surface area contributed by atoms with E-state index in [1.807, 2.05) is 24.3 Å². The quantitative estimate of drug-likeness (QED) is 0.661. The standard InChI is InChI=1S/C18H24N2O2.2ClH/c1-21-17-7-3-15(4-8-17)13-19-11-12-20-14-16-5-9-18(22-2)10-6-16;;/h3-10,19-20H,11-14H2,1-2H3;2*1H. The van der Waals surface area contributed by atoms with Gasteiger partial charge in [0.25, 0.3) is 0 Å². The van der Waals surface area contributed by atoms with E-state index in [1.54, 1.807) is 14.2 Å². The molecule has 2 rings (SSSR count). The van der Waals surface area contributed by atoms with Gasteiger partial charge in [-0.3, -0.25) is 0 Å². The van der Waals surface area contributed by atoms with Crippen LogP contribution >= 0.6 is 24.8 Å². The van der Waals surface area contributed by atoms with Gasteiger partial charge in [-0.2, -0.15) is 0 Å². The molecule has 0 amide bonds. The second-order valence-corrected chi connectivity index (χ2v) is 5.05. The topological polar surface area (TPSA) is 42.5 Å². The molecule has 6 heteroatoms. The summed E-state index contributed by atoms with van der Waals surface area (Å²) in [5.74, 6) is 1.79. The van der Waals surface area contributed by atoms with E-state index in [4.69, 9.17) is 9.47 Å². The normalized spacial score (nSPS) is 9.58. The van der Waals surface area contributed by atoms with Gasteiger partial charge in [0, 0.05) is 26.2 Å². The van der Waals surface area contributed by atoms with E-state index < -0.39 is 0 Å². The van der Waals surface area contributed by atoms with Gasteiger partial charge in [0.1, 0.15) is 11.5 Å². The first kappa shape index (κ1) is 22.5. The minimum absolute atomic E-state index is 0. The van der Waals surface area contributed by atoms with Gasteiger partial charge in [-0.1, -0.05) is 24.3 Å². The fourth-order valence-corrected chi connectivity index (χ4v) is 2.13. The Balaban J connectivity index is 0.00000264. The fourth-order valence-electron chi connectivity index (χ4n) is 2.13. The van der Waals surface area contributed by atoms with E-state index in [2.05, 4.69) is 34.9 Å². The highest BCUT2D eigenvalue weighted by Crippen LogP contribution is 2.11. The molecule has 0 saturated carbocycles. The molecule has 0 bridgehead atoms. The zero-order valence-electron chi connectivity index (χ0n) is 14.1. The van der Waals surface area contributed by atoms with Gasteiger partial charge in [0.05, 0.1) is 14.2 Å². The van der Waals surface area contributed by atoms with Crippen molar-refractivity contribution in [1.29, 1.82) is 0 Å². The van der Waals surface area contributed by atoms with Crippen molar-refractivity contribution >= 4 is 24.8 Å². The SMILES string of the molecule is COc1ccc(CNCCNCc2ccc(OC)cc2)cc1.Cl.Cl. The fraction of sp³-hybridized carbons (Fsp3) is 0.333. The molecule has 0 aromatic heterocycles. The lowest BCUT2D eigenvalue weighted by atomic mass is 10.2. The Morgan fingerprint density at radius 1 is 0.625 bits per heavy atom. The van der Waals surface area contributed by atoms with Gasteiger partial charge in [0.15, 0.2) is 0 Å². The lowest BCUT2D eigenvalue weighted by Gasteiger charge is -2.08. The first-order valence-corrected chi connectivity index (χ1v) is 7.49. The molecule has 0 heterocycles. The van der Waals surface area contributed by atoms with Gasteiger partial charge < -0.3 is 20.1 Å². The first-order chi connectivity index (χ1) is 10.8. The number of benzene rings is 2. The van der Waals surface area contributed by atoms with Crippen LogP contribution in [0.15, 0.2) is 48.5 Å². The third kappa shape index (κ3) is 7.88. The maximum absolute atomic E-state index is 5.15. The maximum Gasteiger partial charge on any atom is 0.118 e. The number of ether oxygens (including phenoxy) is 2. The molecule has 0 aliphatic carbocycles. The Kier molecular flexibility index (Phi) is 12.1. The summed E-state index contributed by atoms with van der Waals surface area (Å²) in [6.07, 6.45) is 0. The number of nitrogens with one attached hydrogen (secondary N) is 2. The number of halogens is 2. The Bertz CT molecular complexity index is 496. The van der Waals surface area contributed by atoms with E-state index in [1.165, 1.54) is 11.1 Å². The van der Waals surface area contributed by atoms with Crippen LogP contribution in [0.25, 0.3) is 0 Å². The van der Waals surface area contributed by atoms with E-state index in [0.717, 1.165) is 37.7 Å². The molecule has 0 saturated heterocycles. The zero-order chi connectivity index (χ0) is 15.6. The molecule has 0 fully saturated rings. The van der Waals surface area contributed by atoms with Crippen LogP contribution in [0.4, 0.5) is 0 Å². The Labute approximate surface area is 156 Å². The third-order valence-corrected chi connectivity index (χ3v) is 3.45. The average molecular weight is 373 g/mol. The molecule has 0 aliphatic rings. The molecular weight excluding hydrogens is 347 g/mol. The molecule has 2 aromatic carbocycles. The Hall–Kier alpha value is -1.46. The molecule has 2 aromatic rings. The lowest BCUT2D eigenvalue weighted by Crippen LogP contribution is -2.26. The second-order valence-electron chi connectivity index (χ2n) is 5.05. The molecule has 24 heavy (non-hydrogen) atoms. The molecule has 0 radical (unpaired) electrons. The van der Waals surface area contributed by atoms with Crippen molar-refractivity contribution in [3.8, 4) is 11.5 Å². The van der Waals surface area contributed by atoms with Crippen molar-refractivity contribution in [2.75, 3.05) is 27.3 Å². The molecule has 2 N–H and O–H groups in total. The van der Waals surface area contributed by atoms with Crippen LogP contribution in [0, 0.1) is 0 Å². The van der Waals surface area contributed by atoms with Crippen LogP contribution < -0.4 is 20.1 Å². The molecule has 134 valence electrons. The van der Waals surface area contributed by atoms with Gasteiger partial charge in [-0.25, -0.2) is 0 Å². The first-order valence-electron chi connectivity index (χ1n) is 7.49. The second kappa shape index (κ2) is 12.9. The maximum atomic E-state index is 5.15. The monoisotopic (exact) mass is 372 g/mol. The predicted octanol–water partition coefficient (Wildman–Crippen LogP) is 3.43. The van der Waals surface area contributed by atoms with Crippen molar-refractivity contribution < 1.29 is 9.47 Å². The van der Waals surface area contributed by atoms with E-state index in [0.29, 0.717) is 0 Å². The summed E-state index contributed by atoms with van der Waals surface area (Å²) in [6.45, 7) is 3.60. The summed E-state index contributed by atoms with van der Waals surface area (Å²) in [7, 11) is 3.36. The minimum atomic E-state index is 0. The summed E-state index contributed by atoms with van der Waals surface area (Å²) >= 11 is 0. The van der Waals surface area contributed by atoms with E-state index in [9.17, 15) is 0 Å². The summed E-state index contributed by atoms with van der Waals surface area (Å²) < 4.78 is 10.3. The summed E-state index contributed by atoms with van der Waals surface area (Å²) in [5.41, 5.74) is 2.52. The van der Waals surface area contributed by atoms with Gasteiger partial charge in [0.2, 0.25) is 0 Å². The van der Waals surface area contributed by atoms with Crippen molar-refractivity contribution in [2.45, 2.75) is 13.1 Å². The van der Waals surface area contributed by atoms with Gasteiger partial charge >= 0.3 is 0 Å². The van der Waals surface area contributed by atoms with Crippen molar-refractivity contribution in [1.82, 2.24) is 10.6 Å².